The Morgan fingerprint density at radius 3 is 2.57 bits per heavy atom. The van der Waals surface area contributed by atoms with Crippen LogP contribution in [0.1, 0.15) is 30.0 Å². The Balaban J connectivity index is 2.14. The van der Waals surface area contributed by atoms with Gasteiger partial charge in [-0.1, -0.05) is 19.1 Å². The van der Waals surface area contributed by atoms with Gasteiger partial charge in [0.15, 0.2) is 6.10 Å². The molecule has 0 bridgehead atoms. The van der Waals surface area contributed by atoms with E-state index in [1.807, 2.05) is 64.1 Å². The number of benzene rings is 2. The van der Waals surface area contributed by atoms with Crippen LogP contribution in [0.25, 0.3) is 0 Å². The normalized spacial score (nSPS) is 11.9. The zero-order chi connectivity index (χ0) is 17.0. The van der Waals surface area contributed by atoms with Crippen molar-refractivity contribution >= 4 is 34.2 Å². The number of carbonyl (C=O) groups excluding carboxylic acids is 1. The molecule has 122 valence electrons. The van der Waals surface area contributed by atoms with Crippen molar-refractivity contribution in [2.24, 2.45) is 0 Å². The smallest absolute Gasteiger partial charge is 0.265 e. The van der Waals surface area contributed by atoms with Crippen molar-refractivity contribution in [3.8, 4) is 5.75 Å². The molecule has 0 aliphatic heterocycles. The fraction of sp³-hybridized carbons (Fsp3) is 0.316. The van der Waals surface area contributed by atoms with E-state index in [0.717, 1.165) is 31.7 Å². The number of ether oxygens (including phenoxy) is 1. The maximum Gasteiger partial charge on any atom is 0.265 e. The highest BCUT2D eigenvalue weighted by atomic mass is 127. The molecule has 3 nitrogen and oxygen atoms in total. The van der Waals surface area contributed by atoms with Crippen molar-refractivity contribution in [3.05, 3.63) is 56.7 Å². The van der Waals surface area contributed by atoms with Crippen LogP contribution in [0.2, 0.25) is 0 Å². The number of anilines is 1. The lowest BCUT2D eigenvalue weighted by molar-refractivity contribution is -0.122. The van der Waals surface area contributed by atoms with Gasteiger partial charge in [0, 0.05) is 9.26 Å². The maximum absolute atomic E-state index is 12.5. The molecule has 0 aliphatic carbocycles. The fourth-order valence-electron chi connectivity index (χ4n) is 2.31. The summed E-state index contributed by atoms with van der Waals surface area (Å²) in [5, 5.41) is 2.98. The summed E-state index contributed by atoms with van der Waals surface area (Å²) >= 11 is 2.26. The average Bonchev–Trinajstić information content (AvgIpc) is 2.51. The first-order valence-electron chi connectivity index (χ1n) is 7.72. The van der Waals surface area contributed by atoms with Crippen molar-refractivity contribution < 1.29 is 9.53 Å². The first kappa shape index (κ1) is 17.8. The van der Waals surface area contributed by atoms with Crippen molar-refractivity contribution in [2.75, 3.05) is 5.32 Å². The van der Waals surface area contributed by atoms with Gasteiger partial charge in [-0.05, 0) is 90.7 Å². The highest BCUT2D eigenvalue weighted by Gasteiger charge is 2.20. The van der Waals surface area contributed by atoms with Crippen molar-refractivity contribution in [2.45, 2.75) is 40.2 Å². The molecule has 2 aromatic carbocycles. The maximum atomic E-state index is 12.5. The molecule has 1 amide bonds. The zero-order valence-electron chi connectivity index (χ0n) is 13.9. The van der Waals surface area contributed by atoms with Gasteiger partial charge in [0.2, 0.25) is 0 Å². The van der Waals surface area contributed by atoms with Gasteiger partial charge in [-0.2, -0.15) is 0 Å². The number of carbonyl (C=O) groups is 1. The van der Waals surface area contributed by atoms with Crippen LogP contribution >= 0.6 is 22.6 Å². The molecule has 0 aromatic heterocycles. The topological polar surface area (TPSA) is 38.3 Å². The Bertz CT molecular complexity index is 713. The molecule has 1 unspecified atom stereocenters. The van der Waals surface area contributed by atoms with Crippen LogP contribution in [0.3, 0.4) is 0 Å². The molecule has 0 heterocycles. The minimum Gasteiger partial charge on any atom is -0.480 e. The number of amides is 1. The second-order valence-electron chi connectivity index (χ2n) is 5.66. The van der Waals surface area contributed by atoms with Gasteiger partial charge in [-0.3, -0.25) is 4.79 Å². The Labute approximate surface area is 151 Å². The van der Waals surface area contributed by atoms with E-state index in [4.69, 9.17) is 4.74 Å². The SMILES string of the molecule is CCC(Oc1cccc(C)c1C)C(=O)Nc1ccc(I)cc1C. The number of halogens is 1. The lowest BCUT2D eigenvalue weighted by Gasteiger charge is -2.20. The molecule has 0 saturated carbocycles. The third-order valence-electron chi connectivity index (χ3n) is 3.93. The van der Waals surface area contributed by atoms with Crippen LogP contribution in [0.4, 0.5) is 5.69 Å². The van der Waals surface area contributed by atoms with Crippen LogP contribution in [0, 0.1) is 24.3 Å². The number of rotatable bonds is 5. The lowest BCUT2D eigenvalue weighted by atomic mass is 10.1. The summed E-state index contributed by atoms with van der Waals surface area (Å²) in [6.07, 6.45) is 0.108. The fourth-order valence-corrected chi connectivity index (χ4v) is 2.95. The second kappa shape index (κ2) is 7.81. The molecule has 0 aliphatic rings. The Morgan fingerprint density at radius 2 is 1.91 bits per heavy atom. The standard InChI is InChI=1S/C19H22INO2/c1-5-17(23-18-8-6-7-12(2)14(18)4)19(22)21-16-10-9-15(20)11-13(16)3/h6-11,17H,5H2,1-4H3,(H,21,22). The largest absolute Gasteiger partial charge is 0.480 e. The van der Waals surface area contributed by atoms with Crippen LogP contribution in [-0.2, 0) is 4.79 Å². The predicted molar refractivity (Wildman–Crippen MR) is 103 cm³/mol. The first-order valence-corrected chi connectivity index (χ1v) is 8.80. The van der Waals surface area contributed by atoms with E-state index in [1.54, 1.807) is 0 Å². The van der Waals surface area contributed by atoms with Crippen LogP contribution in [0.5, 0.6) is 5.75 Å². The molecule has 2 rings (SSSR count). The Morgan fingerprint density at radius 1 is 1.17 bits per heavy atom. The number of hydrogen-bond donors (Lipinski definition) is 1. The summed E-state index contributed by atoms with van der Waals surface area (Å²) in [5.41, 5.74) is 4.11. The van der Waals surface area contributed by atoms with Crippen molar-refractivity contribution in [3.63, 3.8) is 0 Å². The summed E-state index contributed by atoms with van der Waals surface area (Å²) in [7, 11) is 0. The van der Waals surface area contributed by atoms with Gasteiger partial charge < -0.3 is 10.1 Å². The zero-order valence-corrected chi connectivity index (χ0v) is 16.1. The number of nitrogens with one attached hydrogen (secondary N) is 1. The highest BCUT2D eigenvalue weighted by molar-refractivity contribution is 14.1. The molecule has 0 radical (unpaired) electrons. The van der Waals surface area contributed by atoms with E-state index in [-0.39, 0.29) is 5.91 Å². The number of hydrogen-bond acceptors (Lipinski definition) is 2. The van der Waals surface area contributed by atoms with Gasteiger partial charge in [0.1, 0.15) is 5.75 Å². The minimum atomic E-state index is -0.505. The Kier molecular flexibility index (Phi) is 6.04. The molecular weight excluding hydrogens is 401 g/mol. The molecule has 2 aromatic rings. The minimum absolute atomic E-state index is 0.113. The van der Waals surface area contributed by atoms with Gasteiger partial charge >= 0.3 is 0 Å². The van der Waals surface area contributed by atoms with Crippen molar-refractivity contribution in [1.82, 2.24) is 0 Å². The van der Waals surface area contributed by atoms with Crippen LogP contribution in [0.15, 0.2) is 36.4 Å². The van der Waals surface area contributed by atoms with Crippen LogP contribution < -0.4 is 10.1 Å². The summed E-state index contributed by atoms with van der Waals surface area (Å²) in [6.45, 7) is 8.00. The second-order valence-corrected chi connectivity index (χ2v) is 6.91. The molecule has 1 atom stereocenters. The monoisotopic (exact) mass is 423 g/mol. The van der Waals surface area contributed by atoms with Gasteiger partial charge in [-0.25, -0.2) is 0 Å². The molecule has 0 saturated heterocycles. The lowest BCUT2D eigenvalue weighted by Crippen LogP contribution is -2.32. The van der Waals surface area contributed by atoms with E-state index in [0.29, 0.717) is 6.42 Å². The predicted octanol–water partition coefficient (Wildman–Crippen LogP) is 5.01. The summed E-state index contributed by atoms with van der Waals surface area (Å²) in [5.74, 6) is 0.657. The van der Waals surface area contributed by atoms with Crippen LogP contribution in [-0.4, -0.2) is 12.0 Å². The number of aryl methyl sites for hydroxylation is 2. The summed E-state index contributed by atoms with van der Waals surface area (Å²) in [6, 6.07) is 11.9. The van der Waals surface area contributed by atoms with E-state index < -0.39 is 6.10 Å². The molecular formula is C19H22INO2. The van der Waals surface area contributed by atoms with E-state index >= 15 is 0 Å². The third kappa shape index (κ3) is 4.47. The average molecular weight is 423 g/mol. The molecule has 1 N–H and O–H groups in total. The van der Waals surface area contributed by atoms with E-state index in [2.05, 4.69) is 27.9 Å². The molecule has 0 spiro atoms. The Hall–Kier alpha value is -1.56. The third-order valence-corrected chi connectivity index (χ3v) is 4.60. The molecule has 4 heteroatoms. The van der Waals surface area contributed by atoms with Crippen molar-refractivity contribution in [1.29, 1.82) is 0 Å². The quantitative estimate of drug-likeness (QED) is 0.687. The molecule has 23 heavy (non-hydrogen) atoms. The van der Waals surface area contributed by atoms with E-state index in [1.165, 1.54) is 0 Å². The molecule has 0 fully saturated rings. The summed E-state index contributed by atoms with van der Waals surface area (Å²) in [4.78, 5) is 12.5. The van der Waals surface area contributed by atoms with Gasteiger partial charge in [0.25, 0.3) is 5.91 Å². The summed E-state index contributed by atoms with van der Waals surface area (Å²) < 4.78 is 7.11. The van der Waals surface area contributed by atoms with Gasteiger partial charge in [0.05, 0.1) is 0 Å². The van der Waals surface area contributed by atoms with E-state index in [9.17, 15) is 4.79 Å². The first-order chi connectivity index (χ1) is 10.9. The van der Waals surface area contributed by atoms with Gasteiger partial charge in [-0.15, -0.1) is 0 Å². The highest BCUT2D eigenvalue weighted by Crippen LogP contribution is 2.23.